The Bertz CT molecular complexity index is 855. The van der Waals surface area contributed by atoms with E-state index in [1.165, 1.54) is 11.8 Å². The highest BCUT2D eigenvalue weighted by molar-refractivity contribution is 9.10. The molecule has 2 aromatic rings. The van der Waals surface area contributed by atoms with Crippen LogP contribution in [0, 0.1) is 6.92 Å². The number of aromatic nitrogens is 3. The lowest BCUT2D eigenvalue weighted by atomic mass is 10.0. The predicted octanol–water partition coefficient (Wildman–Crippen LogP) is 1.98. The number of nitrogens with zero attached hydrogens (tertiary/aromatic N) is 4. The molecule has 4 rings (SSSR count). The number of ether oxygens (including phenoxy) is 2. The Balaban J connectivity index is 1.69. The van der Waals surface area contributed by atoms with Gasteiger partial charge in [0.25, 0.3) is 0 Å². The fraction of sp³-hybridized carbons (Fsp3) is 0.471. The Labute approximate surface area is 169 Å². The van der Waals surface area contributed by atoms with Gasteiger partial charge in [-0.05, 0) is 40.5 Å². The molecule has 1 aromatic carbocycles. The van der Waals surface area contributed by atoms with Gasteiger partial charge in [0.1, 0.15) is 16.8 Å². The number of carbonyl (C=O) groups excluding carboxylic acids is 1. The zero-order valence-corrected chi connectivity index (χ0v) is 17.4. The molecule has 2 aliphatic rings. The van der Waals surface area contributed by atoms with Crippen LogP contribution in [0.4, 0.5) is 0 Å². The highest BCUT2D eigenvalue weighted by Gasteiger charge is 2.39. The summed E-state index contributed by atoms with van der Waals surface area (Å²) in [5.74, 6) is 1.59. The second kappa shape index (κ2) is 7.69. The number of thioether (sulfide) groups is 1. The molecule has 27 heavy (non-hydrogen) atoms. The summed E-state index contributed by atoms with van der Waals surface area (Å²) in [4.78, 5) is 15.1. The number of amides is 1. The molecular formula is C17H20BrN5O3S. The van der Waals surface area contributed by atoms with E-state index in [4.69, 9.17) is 9.47 Å². The van der Waals surface area contributed by atoms with Crippen LogP contribution in [0.25, 0.3) is 0 Å². The van der Waals surface area contributed by atoms with E-state index in [1.54, 1.807) is 7.11 Å². The molecule has 0 saturated carbocycles. The molecule has 8 nitrogen and oxygen atoms in total. The standard InChI is InChI=1S/C17H20BrN5O3S/c1-10-19-20-17-23(10)21-14(11-3-4-13(25-2)12(18)9-11)15(27-17)16(24)22-5-7-26-8-6-22/h3-4,9,14-15,21H,5-8H2,1-2H3/t14-,15+/m0/s1. The quantitative estimate of drug-likeness (QED) is 0.760. The van der Waals surface area contributed by atoms with Crippen molar-refractivity contribution in [3.05, 3.63) is 34.1 Å². The van der Waals surface area contributed by atoms with E-state index in [1.807, 2.05) is 34.7 Å². The van der Waals surface area contributed by atoms with Crippen LogP contribution in [0.3, 0.4) is 0 Å². The first kappa shape index (κ1) is 18.6. The van der Waals surface area contributed by atoms with Gasteiger partial charge in [-0.1, -0.05) is 17.8 Å². The van der Waals surface area contributed by atoms with Gasteiger partial charge >= 0.3 is 0 Å². The summed E-state index contributed by atoms with van der Waals surface area (Å²) in [6, 6.07) is 5.64. The number of rotatable bonds is 3. The highest BCUT2D eigenvalue weighted by atomic mass is 79.9. The van der Waals surface area contributed by atoms with E-state index in [-0.39, 0.29) is 17.2 Å². The average Bonchev–Trinajstić information content (AvgIpc) is 3.07. The molecule has 0 unspecified atom stereocenters. The fourth-order valence-corrected chi connectivity index (χ4v) is 5.01. The van der Waals surface area contributed by atoms with E-state index in [0.717, 1.165) is 21.6 Å². The molecule has 0 bridgehead atoms. The number of halogens is 1. The zero-order valence-electron chi connectivity index (χ0n) is 15.0. The minimum Gasteiger partial charge on any atom is -0.496 e. The Kier molecular flexibility index (Phi) is 5.29. The van der Waals surface area contributed by atoms with Crippen molar-refractivity contribution in [3.8, 4) is 5.75 Å². The molecule has 3 heterocycles. The molecule has 144 valence electrons. The molecule has 1 saturated heterocycles. The minimum atomic E-state index is -0.348. The Morgan fingerprint density at radius 3 is 2.85 bits per heavy atom. The SMILES string of the molecule is COc1ccc([C@@H]2Nn3c(C)nnc3S[C@H]2C(=O)N2CCOCC2)cc1Br. The van der Waals surface area contributed by atoms with E-state index in [0.29, 0.717) is 31.5 Å². The third-order valence-corrected chi connectivity index (χ3v) is 6.52. The second-order valence-corrected chi connectivity index (χ2v) is 8.31. The number of aryl methyl sites for hydroxylation is 1. The van der Waals surface area contributed by atoms with Crippen LogP contribution in [-0.4, -0.2) is 64.3 Å². The number of benzene rings is 1. The van der Waals surface area contributed by atoms with Gasteiger partial charge in [-0.25, -0.2) is 4.68 Å². The second-order valence-electron chi connectivity index (χ2n) is 6.34. The lowest BCUT2D eigenvalue weighted by molar-refractivity contribution is -0.135. The lowest BCUT2D eigenvalue weighted by Gasteiger charge is -2.37. The van der Waals surface area contributed by atoms with Crippen LogP contribution in [0.5, 0.6) is 5.75 Å². The van der Waals surface area contributed by atoms with Crippen LogP contribution < -0.4 is 10.2 Å². The molecule has 1 N–H and O–H groups in total. The van der Waals surface area contributed by atoms with Crippen LogP contribution >= 0.6 is 27.7 Å². The summed E-state index contributed by atoms with van der Waals surface area (Å²) in [5, 5.41) is 8.68. The van der Waals surface area contributed by atoms with Crippen molar-refractivity contribution in [3.63, 3.8) is 0 Å². The Hall–Kier alpha value is -1.78. The van der Waals surface area contributed by atoms with Gasteiger partial charge in [-0.15, -0.1) is 10.2 Å². The molecular weight excluding hydrogens is 434 g/mol. The zero-order chi connectivity index (χ0) is 19.0. The van der Waals surface area contributed by atoms with E-state index < -0.39 is 0 Å². The van der Waals surface area contributed by atoms with E-state index >= 15 is 0 Å². The maximum atomic E-state index is 13.3. The summed E-state index contributed by atoms with van der Waals surface area (Å²) >= 11 is 4.99. The number of hydrogen-bond acceptors (Lipinski definition) is 7. The summed E-state index contributed by atoms with van der Waals surface area (Å²) in [6.07, 6.45) is 0. The summed E-state index contributed by atoms with van der Waals surface area (Å²) in [6.45, 7) is 4.26. The summed E-state index contributed by atoms with van der Waals surface area (Å²) < 4.78 is 13.4. The van der Waals surface area contributed by atoms with Crippen molar-refractivity contribution >= 4 is 33.6 Å². The number of carbonyl (C=O) groups is 1. The maximum absolute atomic E-state index is 13.3. The largest absolute Gasteiger partial charge is 0.496 e. The van der Waals surface area contributed by atoms with Gasteiger partial charge in [0, 0.05) is 13.1 Å². The molecule has 0 spiro atoms. The number of nitrogens with one attached hydrogen (secondary N) is 1. The van der Waals surface area contributed by atoms with Crippen molar-refractivity contribution in [2.45, 2.75) is 23.4 Å². The lowest BCUT2D eigenvalue weighted by Crippen LogP contribution is -2.49. The third-order valence-electron chi connectivity index (χ3n) is 4.70. The van der Waals surface area contributed by atoms with Crippen molar-refractivity contribution in [1.82, 2.24) is 19.8 Å². The molecule has 2 atom stereocenters. The molecule has 2 aliphatic heterocycles. The van der Waals surface area contributed by atoms with Gasteiger partial charge in [-0.2, -0.15) is 0 Å². The van der Waals surface area contributed by atoms with Gasteiger partial charge < -0.3 is 19.8 Å². The Morgan fingerprint density at radius 2 is 2.15 bits per heavy atom. The van der Waals surface area contributed by atoms with Gasteiger partial charge in [0.15, 0.2) is 0 Å². The van der Waals surface area contributed by atoms with Crippen molar-refractivity contribution in [2.24, 2.45) is 0 Å². The molecule has 1 amide bonds. The highest BCUT2D eigenvalue weighted by Crippen LogP contribution is 2.39. The number of hydrogen-bond donors (Lipinski definition) is 1. The van der Waals surface area contributed by atoms with Gasteiger partial charge in [0.2, 0.25) is 11.1 Å². The normalized spacial score (nSPS) is 22.1. The number of fused-ring (bicyclic) bond motifs is 1. The monoisotopic (exact) mass is 453 g/mol. The van der Waals surface area contributed by atoms with Gasteiger partial charge in [0.05, 0.1) is 30.8 Å². The molecule has 1 aromatic heterocycles. The van der Waals surface area contributed by atoms with Crippen LogP contribution in [0.2, 0.25) is 0 Å². The first-order valence-corrected chi connectivity index (χ1v) is 10.3. The first-order valence-electron chi connectivity index (χ1n) is 8.63. The topological polar surface area (TPSA) is 81.5 Å². The van der Waals surface area contributed by atoms with Crippen molar-refractivity contribution in [1.29, 1.82) is 0 Å². The van der Waals surface area contributed by atoms with Crippen LogP contribution in [-0.2, 0) is 9.53 Å². The fourth-order valence-electron chi connectivity index (χ4n) is 3.24. The summed E-state index contributed by atoms with van der Waals surface area (Å²) in [7, 11) is 1.63. The number of methoxy groups -OCH3 is 1. The molecule has 1 fully saturated rings. The van der Waals surface area contributed by atoms with Gasteiger partial charge in [-0.3, -0.25) is 4.79 Å². The minimum absolute atomic E-state index is 0.0830. The number of morpholine rings is 1. The summed E-state index contributed by atoms with van der Waals surface area (Å²) in [5.41, 5.74) is 4.41. The predicted molar refractivity (Wildman–Crippen MR) is 105 cm³/mol. The van der Waals surface area contributed by atoms with E-state index in [2.05, 4.69) is 31.6 Å². The maximum Gasteiger partial charge on any atom is 0.238 e. The molecule has 0 aliphatic carbocycles. The first-order chi connectivity index (χ1) is 13.1. The van der Waals surface area contributed by atoms with Crippen LogP contribution in [0.15, 0.2) is 27.8 Å². The van der Waals surface area contributed by atoms with Crippen molar-refractivity contribution < 1.29 is 14.3 Å². The smallest absolute Gasteiger partial charge is 0.238 e. The average molecular weight is 454 g/mol. The Morgan fingerprint density at radius 1 is 1.37 bits per heavy atom. The van der Waals surface area contributed by atoms with E-state index in [9.17, 15) is 4.79 Å². The van der Waals surface area contributed by atoms with Crippen molar-refractivity contribution in [2.75, 3.05) is 38.8 Å². The molecule has 10 heteroatoms. The van der Waals surface area contributed by atoms with Crippen LogP contribution in [0.1, 0.15) is 17.4 Å². The molecule has 0 radical (unpaired) electrons. The third kappa shape index (κ3) is 3.53.